The number of carbonyl (C=O) groups excluding carboxylic acids is 12. The molecular formula is C66H96O28Si3. The van der Waals surface area contributed by atoms with Crippen LogP contribution >= 0.6 is 0 Å². The first-order valence-electron chi connectivity index (χ1n) is 29.9. The molecule has 0 heterocycles. The maximum Gasteiger partial charge on any atom is 0.330 e. The van der Waals surface area contributed by atoms with Gasteiger partial charge in [-0.2, -0.15) is 0 Å². The number of unbranched alkanes of at least 4 members (excludes halogenated alkanes) is 1. The molecule has 0 bridgehead atoms. The number of carbonyl (C=O) groups is 12. The van der Waals surface area contributed by atoms with E-state index < -0.39 is 224 Å². The quantitative estimate of drug-likeness (QED) is 0.0150. The summed E-state index contributed by atoms with van der Waals surface area (Å²) in [5.74, 6) is -10.3. The molecule has 0 rings (SSSR count). The fourth-order valence-electron chi connectivity index (χ4n) is 8.09. The van der Waals surface area contributed by atoms with Crippen LogP contribution in [0.5, 0.6) is 0 Å². The van der Waals surface area contributed by atoms with Crippen molar-refractivity contribution in [1.82, 2.24) is 0 Å². The summed E-state index contributed by atoms with van der Waals surface area (Å²) in [7, 11) is -8.25. The second-order valence-corrected chi connectivity index (χ2v) is 35.7. The third kappa shape index (κ3) is 40.4. The molecule has 540 valence electrons. The molecule has 0 spiro atoms. The summed E-state index contributed by atoms with van der Waals surface area (Å²) in [6.07, 6.45) is 9.28. The highest BCUT2D eigenvalue weighted by Gasteiger charge is 2.44. The Bertz CT molecular complexity index is 2600. The van der Waals surface area contributed by atoms with Crippen LogP contribution in [0.25, 0.3) is 0 Å². The third-order valence-corrected chi connectivity index (χ3v) is 24.3. The summed E-state index contributed by atoms with van der Waals surface area (Å²) in [5.41, 5.74) is -6.47. The molecular weight excluding hydrogens is 1320 g/mol. The van der Waals surface area contributed by atoms with Crippen molar-refractivity contribution < 1.29 is 132 Å². The molecule has 0 atom stereocenters. The van der Waals surface area contributed by atoms with Crippen molar-refractivity contribution in [2.24, 2.45) is 21.7 Å². The van der Waals surface area contributed by atoms with Gasteiger partial charge in [0.2, 0.25) is 0 Å². The SMILES string of the molecule is C=C.C=CC(=O)OCC(COCC(COC(=O)C=C)(COC(=O)C=C)COC(=O)CCCC[Si](C)(C)O[Si](C)(C)O[Si](C)(C)CCC(=O)OCC(COCC(COC(=O)C=C)(COC(=O)C=C)COC(=O)C=C)(COC(=O)C=C)COC(=O)C=C)(COC(=O)C=C)COC(=O)C=C. The van der Waals surface area contributed by atoms with Crippen LogP contribution in [0.3, 0.4) is 0 Å². The normalized spacial score (nSPS) is 11.4. The molecule has 28 nitrogen and oxygen atoms in total. The number of hydrogen-bond acceptors (Lipinski definition) is 28. The Hall–Kier alpha value is -8.73. The van der Waals surface area contributed by atoms with Gasteiger partial charge in [-0.3, -0.25) is 9.59 Å². The van der Waals surface area contributed by atoms with E-state index in [0.717, 1.165) is 60.8 Å². The largest absolute Gasteiger partial charge is 0.465 e. The van der Waals surface area contributed by atoms with Gasteiger partial charge in [0, 0.05) is 73.6 Å². The van der Waals surface area contributed by atoms with Crippen molar-refractivity contribution in [3.8, 4) is 0 Å². The molecule has 0 aromatic heterocycles. The van der Waals surface area contributed by atoms with Gasteiger partial charge in [0.25, 0.3) is 0 Å². The number of hydrogen-bond donors (Lipinski definition) is 0. The highest BCUT2D eigenvalue weighted by atomic mass is 28.5. The summed E-state index contributed by atoms with van der Waals surface area (Å²) >= 11 is 0. The summed E-state index contributed by atoms with van der Waals surface area (Å²) < 4.78 is 90.3. The molecule has 0 unspecified atom stereocenters. The van der Waals surface area contributed by atoms with Gasteiger partial charge in [-0.05, 0) is 57.8 Å². The van der Waals surface area contributed by atoms with Gasteiger partial charge in [0.05, 0.1) is 48.1 Å². The van der Waals surface area contributed by atoms with Crippen molar-refractivity contribution in [2.45, 2.75) is 77.1 Å². The zero-order valence-electron chi connectivity index (χ0n) is 56.7. The number of rotatable bonds is 54. The molecule has 0 saturated heterocycles. The minimum Gasteiger partial charge on any atom is -0.465 e. The van der Waals surface area contributed by atoms with Crippen LogP contribution < -0.4 is 0 Å². The Balaban J connectivity index is 0. The molecule has 0 saturated carbocycles. The topological polar surface area (TPSA) is 353 Å². The van der Waals surface area contributed by atoms with E-state index in [9.17, 15) is 57.5 Å². The van der Waals surface area contributed by atoms with Gasteiger partial charge in [-0.15, -0.1) is 13.2 Å². The Morgan fingerprint density at radius 1 is 0.268 bits per heavy atom. The minimum absolute atomic E-state index is 0.0946. The molecule has 0 aliphatic heterocycles. The highest BCUT2D eigenvalue weighted by molar-refractivity contribution is 6.87. The van der Waals surface area contributed by atoms with Gasteiger partial charge in [-0.1, -0.05) is 72.2 Å². The van der Waals surface area contributed by atoms with Crippen LogP contribution in [0.2, 0.25) is 51.4 Å². The van der Waals surface area contributed by atoms with E-state index in [0.29, 0.717) is 18.9 Å². The molecule has 0 aliphatic carbocycles. The van der Waals surface area contributed by atoms with Gasteiger partial charge in [-0.25, -0.2) is 47.9 Å². The second kappa shape index (κ2) is 47.2. The van der Waals surface area contributed by atoms with Gasteiger partial charge < -0.3 is 74.5 Å². The lowest BCUT2D eigenvalue weighted by Gasteiger charge is -2.38. The van der Waals surface area contributed by atoms with E-state index in [2.05, 4.69) is 78.9 Å². The zero-order chi connectivity index (χ0) is 74.4. The first-order valence-corrected chi connectivity index (χ1v) is 38.9. The number of esters is 12. The smallest absolute Gasteiger partial charge is 0.330 e. The van der Waals surface area contributed by atoms with Gasteiger partial charge in [0.15, 0.2) is 16.6 Å². The van der Waals surface area contributed by atoms with E-state index >= 15 is 0 Å². The molecule has 0 amide bonds. The molecule has 0 aromatic carbocycles. The minimum atomic E-state index is -2.95. The average molecular weight is 1420 g/mol. The lowest BCUT2D eigenvalue weighted by molar-refractivity contribution is -0.174. The summed E-state index contributed by atoms with van der Waals surface area (Å²) in [6.45, 7) is 42.5. The lowest BCUT2D eigenvalue weighted by Crippen LogP contribution is -2.52. The van der Waals surface area contributed by atoms with E-state index in [-0.39, 0.29) is 18.9 Å². The van der Waals surface area contributed by atoms with Crippen molar-refractivity contribution in [3.63, 3.8) is 0 Å². The van der Waals surface area contributed by atoms with Crippen LogP contribution in [-0.2, 0) is 132 Å². The summed E-state index contributed by atoms with van der Waals surface area (Å²) in [6, 6.07) is 0.810. The standard InChI is InChI=1S/C64H92O28Si3.C2H4/c1-17-49(65)79-37-61(38-80-50(66)18-2,39-81-51(67)19-3)33-77-35-63(43-85-55(71)23-7,44-86-56(72)24-8)47-89-59(75)29-27-28-31-93(11,12)91-95(15,16)92-94(13,14)32-30-60(76)90-48-64(45-87-57(73)25-9,46-88-58(74)26-10)36-78-34-62(40-82-52(68)20-4,41-83-53(69)21-5)42-84-54(70)22-6;1-2/h17-26H,1-10,27-48H2,11-16H3;1-2H2. The Labute approximate surface area is 570 Å². The second-order valence-electron chi connectivity index (χ2n) is 23.3. The third-order valence-electron chi connectivity index (χ3n) is 13.0. The zero-order valence-corrected chi connectivity index (χ0v) is 59.7. The molecule has 0 aliphatic rings. The first-order chi connectivity index (χ1) is 45.6. The lowest BCUT2D eigenvalue weighted by atomic mass is 9.90. The number of ether oxygens (including phenoxy) is 14. The molecule has 0 radical (unpaired) electrons. The fourth-order valence-corrected chi connectivity index (χ4v) is 22.0. The van der Waals surface area contributed by atoms with Crippen molar-refractivity contribution >= 4 is 96.8 Å². The van der Waals surface area contributed by atoms with E-state index in [1.54, 1.807) is 0 Å². The fraction of sp³-hybridized carbons (Fsp3) is 0.485. The maximum atomic E-state index is 13.7. The molecule has 97 heavy (non-hydrogen) atoms. The molecule has 0 fully saturated rings. The summed E-state index contributed by atoms with van der Waals surface area (Å²) in [5, 5.41) is 0. The Morgan fingerprint density at radius 2 is 0.454 bits per heavy atom. The van der Waals surface area contributed by atoms with Gasteiger partial charge in [0.1, 0.15) is 79.3 Å². The first kappa shape index (κ1) is 90.3. The highest BCUT2D eigenvalue weighted by Crippen LogP contribution is 2.31. The van der Waals surface area contributed by atoms with Crippen molar-refractivity contribution in [2.75, 3.05) is 106 Å². The molecule has 0 aromatic rings. The van der Waals surface area contributed by atoms with Crippen molar-refractivity contribution in [1.29, 1.82) is 0 Å². The van der Waals surface area contributed by atoms with E-state index in [1.165, 1.54) is 0 Å². The predicted octanol–water partition coefficient (Wildman–Crippen LogP) is 6.85. The Kier molecular flexibility index (Phi) is 44.0. The van der Waals surface area contributed by atoms with Crippen LogP contribution in [-0.4, -0.2) is 203 Å². The van der Waals surface area contributed by atoms with Crippen LogP contribution in [0, 0.1) is 21.7 Å². The average Bonchev–Trinajstić information content (AvgIpc) is 0.867. The van der Waals surface area contributed by atoms with Crippen LogP contribution in [0.4, 0.5) is 0 Å². The molecule has 0 N–H and O–H groups in total. The van der Waals surface area contributed by atoms with Crippen LogP contribution in [0.15, 0.2) is 140 Å². The maximum absolute atomic E-state index is 13.7. The molecule has 31 heteroatoms. The van der Waals surface area contributed by atoms with Gasteiger partial charge >= 0.3 is 80.2 Å². The Morgan fingerprint density at radius 3 is 0.660 bits per heavy atom. The van der Waals surface area contributed by atoms with E-state index in [1.807, 2.05) is 39.3 Å². The summed E-state index contributed by atoms with van der Waals surface area (Å²) in [4.78, 5) is 150. The predicted molar refractivity (Wildman–Crippen MR) is 359 cm³/mol. The monoisotopic (exact) mass is 1420 g/mol. The van der Waals surface area contributed by atoms with E-state index in [4.69, 9.17) is 74.5 Å². The van der Waals surface area contributed by atoms with Crippen LogP contribution in [0.1, 0.15) is 25.7 Å². The van der Waals surface area contributed by atoms with Crippen molar-refractivity contribution in [3.05, 3.63) is 140 Å².